The number of halogens is 1. The lowest BCUT2D eigenvalue weighted by Crippen LogP contribution is -2.18. The number of ketones is 1. The number of pyridine rings is 1. The van der Waals surface area contributed by atoms with Crippen molar-refractivity contribution in [2.75, 3.05) is 6.61 Å². The number of hydrogen-bond acceptors (Lipinski definition) is 4. The van der Waals surface area contributed by atoms with E-state index in [0.29, 0.717) is 30.1 Å². The van der Waals surface area contributed by atoms with Crippen molar-refractivity contribution in [3.63, 3.8) is 0 Å². The van der Waals surface area contributed by atoms with Crippen molar-refractivity contribution in [2.24, 2.45) is 0 Å². The third kappa shape index (κ3) is 3.08. The summed E-state index contributed by atoms with van der Waals surface area (Å²) in [5.41, 5.74) is 3.37. The van der Waals surface area contributed by atoms with Gasteiger partial charge >= 0.3 is 0 Å². The Labute approximate surface area is 158 Å². The molecule has 0 spiro atoms. The Morgan fingerprint density at radius 3 is 2.92 bits per heavy atom. The molecular weight excluding hydrogens is 352 g/mol. The third-order valence-corrected chi connectivity index (χ3v) is 4.84. The van der Waals surface area contributed by atoms with Gasteiger partial charge in [-0.3, -0.25) is 9.20 Å². The number of hydrogen-bond donors (Lipinski definition) is 1. The molecule has 26 heavy (non-hydrogen) atoms. The first-order chi connectivity index (χ1) is 12.2. The highest BCUT2D eigenvalue weighted by Crippen LogP contribution is 2.36. The molecule has 0 bridgehead atoms. The van der Waals surface area contributed by atoms with Crippen molar-refractivity contribution >= 4 is 23.8 Å². The fourth-order valence-corrected chi connectivity index (χ4v) is 3.67. The van der Waals surface area contributed by atoms with Crippen LogP contribution in [0.2, 0.25) is 0 Å². The Morgan fingerprint density at radius 1 is 1.31 bits per heavy atom. The van der Waals surface area contributed by atoms with Crippen LogP contribution in [0.3, 0.4) is 0 Å². The van der Waals surface area contributed by atoms with Crippen LogP contribution in [-0.4, -0.2) is 33.0 Å². The first kappa shape index (κ1) is 18.4. The van der Waals surface area contributed by atoms with Crippen LogP contribution in [0.4, 0.5) is 0 Å². The second-order valence-electron chi connectivity index (χ2n) is 6.35. The topological polar surface area (TPSA) is 63.8 Å². The lowest BCUT2D eigenvalue weighted by Gasteiger charge is -2.15. The molecule has 0 amide bonds. The number of rotatable bonds is 5. The van der Waals surface area contributed by atoms with Gasteiger partial charge < -0.3 is 9.84 Å². The van der Waals surface area contributed by atoms with E-state index in [1.807, 2.05) is 49.5 Å². The van der Waals surface area contributed by atoms with E-state index < -0.39 is 6.10 Å². The number of benzene rings is 1. The van der Waals surface area contributed by atoms with Crippen molar-refractivity contribution in [1.82, 2.24) is 9.38 Å². The number of imidazole rings is 1. The molecule has 1 aromatic carbocycles. The first-order valence-electron chi connectivity index (χ1n) is 8.57. The van der Waals surface area contributed by atoms with Crippen LogP contribution in [-0.2, 0) is 6.42 Å². The molecule has 3 aromatic rings. The average molecular weight is 373 g/mol. The first-order valence-corrected chi connectivity index (χ1v) is 8.57. The summed E-state index contributed by atoms with van der Waals surface area (Å²) in [6.45, 7) is 2.46. The normalized spacial score (nSPS) is 18.4. The molecule has 2 heterocycles. The minimum Gasteiger partial charge on any atom is -0.490 e. The minimum atomic E-state index is -0.514. The van der Waals surface area contributed by atoms with Gasteiger partial charge in [-0.15, -0.1) is 12.4 Å². The standard InChI is InChI=1S/C20H20N2O3.ClH/c1-2-25-19-8-5-9-22-16(12-21-20(19)22)18(24)11-15-14-7-4-3-6-13(14)10-17(15)23;/h3-9,12,15,17,23H,2,10-11H2,1H3;1H/t15-,17-;/m1./s1. The number of ether oxygens (including phenoxy) is 1. The molecule has 1 aliphatic carbocycles. The summed E-state index contributed by atoms with van der Waals surface area (Å²) in [5.74, 6) is 0.474. The summed E-state index contributed by atoms with van der Waals surface area (Å²) in [6.07, 6.45) is 3.77. The number of carbonyl (C=O) groups is 1. The number of aromatic nitrogens is 2. The molecule has 2 aromatic heterocycles. The van der Waals surface area contributed by atoms with Gasteiger partial charge in [0, 0.05) is 18.5 Å². The Balaban J connectivity index is 0.00000196. The lowest BCUT2D eigenvalue weighted by molar-refractivity contribution is 0.0915. The third-order valence-electron chi connectivity index (χ3n) is 4.84. The number of carbonyl (C=O) groups excluding carboxylic acids is 1. The summed E-state index contributed by atoms with van der Waals surface area (Å²) in [5, 5.41) is 10.4. The quantitative estimate of drug-likeness (QED) is 0.697. The maximum absolute atomic E-state index is 12.9. The van der Waals surface area contributed by atoms with E-state index in [1.54, 1.807) is 10.6 Å². The molecule has 136 valence electrons. The number of aliphatic hydroxyl groups is 1. The fourth-order valence-electron chi connectivity index (χ4n) is 3.67. The molecule has 0 saturated heterocycles. The van der Waals surface area contributed by atoms with Crippen LogP contribution in [0.5, 0.6) is 5.75 Å². The van der Waals surface area contributed by atoms with Crippen LogP contribution in [0.1, 0.15) is 40.9 Å². The molecule has 0 aliphatic heterocycles. The molecule has 6 heteroatoms. The number of nitrogens with zero attached hydrogens (tertiary/aromatic N) is 2. The molecule has 0 unspecified atom stereocenters. The van der Waals surface area contributed by atoms with Crippen molar-refractivity contribution in [3.8, 4) is 5.75 Å². The molecular formula is C20H21ClN2O3. The van der Waals surface area contributed by atoms with Crippen LogP contribution in [0.25, 0.3) is 5.65 Å². The van der Waals surface area contributed by atoms with Crippen molar-refractivity contribution in [2.45, 2.75) is 31.8 Å². The van der Waals surface area contributed by atoms with E-state index in [4.69, 9.17) is 4.74 Å². The van der Waals surface area contributed by atoms with Gasteiger partial charge in [-0.05, 0) is 36.6 Å². The second-order valence-corrected chi connectivity index (χ2v) is 6.35. The van der Waals surface area contributed by atoms with Crippen molar-refractivity contribution in [1.29, 1.82) is 0 Å². The zero-order valence-corrected chi connectivity index (χ0v) is 15.3. The van der Waals surface area contributed by atoms with Gasteiger partial charge in [0.2, 0.25) is 0 Å². The molecule has 5 nitrogen and oxygen atoms in total. The van der Waals surface area contributed by atoms with Crippen LogP contribution < -0.4 is 4.74 Å². The van der Waals surface area contributed by atoms with E-state index in [0.717, 1.165) is 11.1 Å². The predicted molar refractivity (Wildman–Crippen MR) is 101 cm³/mol. The van der Waals surface area contributed by atoms with Crippen molar-refractivity contribution < 1.29 is 14.6 Å². The number of Topliss-reactive ketones (excluding diaryl/α,β-unsaturated/α-hetero) is 1. The van der Waals surface area contributed by atoms with Gasteiger partial charge in [0.1, 0.15) is 5.69 Å². The van der Waals surface area contributed by atoms with Gasteiger partial charge in [-0.25, -0.2) is 4.98 Å². The van der Waals surface area contributed by atoms with Gasteiger partial charge in [-0.1, -0.05) is 24.3 Å². The van der Waals surface area contributed by atoms with E-state index >= 15 is 0 Å². The molecule has 2 atom stereocenters. The number of aliphatic hydroxyl groups excluding tert-OH is 1. The molecule has 1 aliphatic rings. The summed E-state index contributed by atoms with van der Waals surface area (Å²) < 4.78 is 7.34. The molecule has 0 saturated carbocycles. The summed E-state index contributed by atoms with van der Waals surface area (Å²) in [6, 6.07) is 11.6. The average Bonchev–Trinajstić information content (AvgIpc) is 3.18. The molecule has 0 fully saturated rings. The SMILES string of the molecule is CCOc1cccn2c(C(=O)C[C@@H]3c4ccccc4C[C@H]3O)cnc12.Cl. The Bertz CT molecular complexity index is 938. The van der Waals surface area contributed by atoms with Crippen molar-refractivity contribution in [3.05, 3.63) is 65.6 Å². The van der Waals surface area contributed by atoms with Crippen LogP contribution >= 0.6 is 12.4 Å². The molecule has 4 rings (SSSR count). The molecule has 0 radical (unpaired) electrons. The van der Waals surface area contributed by atoms with E-state index in [9.17, 15) is 9.90 Å². The van der Waals surface area contributed by atoms with E-state index in [-0.39, 0.29) is 30.5 Å². The van der Waals surface area contributed by atoms with Gasteiger partial charge in [0.25, 0.3) is 0 Å². The monoisotopic (exact) mass is 372 g/mol. The Morgan fingerprint density at radius 2 is 2.12 bits per heavy atom. The summed E-state index contributed by atoms with van der Waals surface area (Å²) >= 11 is 0. The van der Waals surface area contributed by atoms with E-state index in [2.05, 4.69) is 4.98 Å². The Hall–Kier alpha value is -2.37. The number of fused-ring (bicyclic) bond motifs is 2. The van der Waals surface area contributed by atoms with Gasteiger partial charge in [0.15, 0.2) is 17.2 Å². The highest BCUT2D eigenvalue weighted by atomic mass is 35.5. The van der Waals surface area contributed by atoms with Gasteiger partial charge in [0.05, 0.1) is 18.9 Å². The van der Waals surface area contributed by atoms with Crippen LogP contribution in [0.15, 0.2) is 48.8 Å². The summed E-state index contributed by atoms with van der Waals surface area (Å²) in [7, 11) is 0. The maximum atomic E-state index is 12.9. The van der Waals surface area contributed by atoms with E-state index in [1.165, 1.54) is 0 Å². The second kappa shape index (κ2) is 7.48. The zero-order chi connectivity index (χ0) is 17.4. The molecule has 1 N–H and O–H groups in total. The summed E-state index contributed by atoms with van der Waals surface area (Å²) in [4.78, 5) is 17.2. The highest BCUT2D eigenvalue weighted by Gasteiger charge is 2.33. The largest absolute Gasteiger partial charge is 0.490 e. The zero-order valence-electron chi connectivity index (χ0n) is 14.5. The lowest BCUT2D eigenvalue weighted by atomic mass is 9.93. The van der Waals surface area contributed by atoms with Crippen LogP contribution in [0, 0.1) is 0 Å². The fraction of sp³-hybridized carbons (Fsp3) is 0.300. The van der Waals surface area contributed by atoms with Gasteiger partial charge in [-0.2, -0.15) is 0 Å². The minimum absolute atomic E-state index is 0. The highest BCUT2D eigenvalue weighted by molar-refractivity contribution is 5.96. The Kier molecular flexibility index (Phi) is 5.30. The predicted octanol–water partition coefficient (Wildman–Crippen LogP) is 3.43. The maximum Gasteiger partial charge on any atom is 0.181 e. The smallest absolute Gasteiger partial charge is 0.181 e.